The molecule has 1 aromatic rings. The molecule has 1 aromatic heterocycles. The number of hydrogen-bond donors (Lipinski definition) is 1. The maximum atomic E-state index is 11.5. The van der Waals surface area contributed by atoms with Gasteiger partial charge in [0.2, 0.25) is 0 Å². The third kappa shape index (κ3) is 3.39. The Morgan fingerprint density at radius 2 is 2.47 bits per heavy atom. The van der Waals surface area contributed by atoms with Gasteiger partial charge in [-0.25, -0.2) is 4.98 Å². The lowest BCUT2D eigenvalue weighted by Crippen LogP contribution is -2.29. The van der Waals surface area contributed by atoms with E-state index < -0.39 is 10.8 Å². The smallest absolute Gasteiger partial charge is 0.0948 e. The zero-order valence-corrected chi connectivity index (χ0v) is 11.2. The first kappa shape index (κ1) is 12.8. The third-order valence-corrected chi connectivity index (χ3v) is 4.58. The minimum atomic E-state index is -0.694. The molecule has 0 bridgehead atoms. The zero-order valence-electron chi connectivity index (χ0n) is 10.4. The molecule has 0 amide bonds. The number of aryl methyl sites for hydroxylation is 1. The summed E-state index contributed by atoms with van der Waals surface area (Å²) in [6, 6.07) is 0.432. The Hall–Kier alpha value is -0.680. The number of aromatic nitrogens is 2. The average Bonchev–Trinajstić information content (AvgIpc) is 2.85. The maximum absolute atomic E-state index is 11.5. The van der Waals surface area contributed by atoms with Gasteiger partial charge >= 0.3 is 0 Å². The summed E-state index contributed by atoms with van der Waals surface area (Å²) in [7, 11) is -0.694. The molecule has 0 radical (unpaired) electrons. The molecule has 2 atom stereocenters. The van der Waals surface area contributed by atoms with Crippen LogP contribution < -0.4 is 5.32 Å². The SMILES string of the molecule is CCS(=O)CCn1cncc1C1CCCCN1. The molecule has 2 rings (SSSR count). The van der Waals surface area contributed by atoms with Crippen molar-refractivity contribution in [1.82, 2.24) is 14.9 Å². The quantitative estimate of drug-likeness (QED) is 0.866. The number of rotatable bonds is 5. The van der Waals surface area contributed by atoms with Crippen LogP contribution in [0.5, 0.6) is 0 Å². The van der Waals surface area contributed by atoms with Crippen LogP contribution in [0.15, 0.2) is 12.5 Å². The van der Waals surface area contributed by atoms with Crippen molar-refractivity contribution in [1.29, 1.82) is 0 Å². The van der Waals surface area contributed by atoms with Gasteiger partial charge in [-0.15, -0.1) is 0 Å². The first-order valence-corrected chi connectivity index (χ1v) is 7.88. The molecule has 1 aliphatic heterocycles. The Morgan fingerprint density at radius 1 is 1.59 bits per heavy atom. The summed E-state index contributed by atoms with van der Waals surface area (Å²) in [5, 5.41) is 3.53. The number of nitrogens with zero attached hydrogens (tertiary/aromatic N) is 2. The predicted molar refractivity (Wildman–Crippen MR) is 70.4 cm³/mol. The molecule has 17 heavy (non-hydrogen) atoms. The fraction of sp³-hybridized carbons (Fsp3) is 0.750. The molecule has 2 unspecified atom stereocenters. The second kappa shape index (κ2) is 6.31. The average molecular weight is 255 g/mol. The zero-order chi connectivity index (χ0) is 12.1. The van der Waals surface area contributed by atoms with Crippen LogP contribution in [0.3, 0.4) is 0 Å². The minimum Gasteiger partial charge on any atom is -0.332 e. The Kier molecular flexibility index (Phi) is 4.74. The lowest BCUT2D eigenvalue weighted by atomic mass is 10.0. The third-order valence-electron chi connectivity index (χ3n) is 3.29. The lowest BCUT2D eigenvalue weighted by Gasteiger charge is -2.24. The van der Waals surface area contributed by atoms with Gasteiger partial charge in [-0.05, 0) is 19.4 Å². The second-order valence-corrected chi connectivity index (χ2v) is 6.31. The van der Waals surface area contributed by atoms with Crippen molar-refractivity contribution in [3.05, 3.63) is 18.2 Å². The molecule has 5 heteroatoms. The summed E-state index contributed by atoms with van der Waals surface area (Å²) in [4.78, 5) is 4.23. The van der Waals surface area contributed by atoms with E-state index in [4.69, 9.17) is 0 Å². The van der Waals surface area contributed by atoms with Crippen LogP contribution >= 0.6 is 0 Å². The standard InChI is InChI=1S/C12H21N3OS/c1-2-17(16)8-7-15-10-13-9-12(15)11-5-3-4-6-14-11/h9-11,14H,2-8H2,1H3. The lowest BCUT2D eigenvalue weighted by molar-refractivity contribution is 0.395. The van der Waals surface area contributed by atoms with Gasteiger partial charge in [-0.3, -0.25) is 4.21 Å². The van der Waals surface area contributed by atoms with Gasteiger partial charge < -0.3 is 9.88 Å². The molecule has 1 fully saturated rings. The van der Waals surface area contributed by atoms with Crippen LogP contribution in [-0.2, 0) is 17.3 Å². The fourth-order valence-corrected chi connectivity index (χ4v) is 2.95. The molecule has 1 aliphatic rings. The van der Waals surface area contributed by atoms with Gasteiger partial charge in [0.1, 0.15) is 0 Å². The molecule has 2 heterocycles. The van der Waals surface area contributed by atoms with E-state index in [1.165, 1.54) is 25.0 Å². The summed E-state index contributed by atoms with van der Waals surface area (Å²) in [5.74, 6) is 1.47. The van der Waals surface area contributed by atoms with E-state index in [0.29, 0.717) is 6.04 Å². The Labute approximate surface area is 105 Å². The fourth-order valence-electron chi connectivity index (χ4n) is 2.26. The van der Waals surface area contributed by atoms with Gasteiger partial charge in [0.25, 0.3) is 0 Å². The van der Waals surface area contributed by atoms with E-state index in [1.807, 2.05) is 19.4 Å². The Morgan fingerprint density at radius 3 is 3.18 bits per heavy atom. The topological polar surface area (TPSA) is 46.9 Å². The van der Waals surface area contributed by atoms with E-state index in [-0.39, 0.29) is 0 Å². The van der Waals surface area contributed by atoms with E-state index in [0.717, 1.165) is 24.6 Å². The van der Waals surface area contributed by atoms with Crippen molar-refractivity contribution >= 4 is 10.8 Å². The second-order valence-electron chi connectivity index (χ2n) is 4.45. The molecular formula is C12H21N3OS. The highest BCUT2D eigenvalue weighted by atomic mass is 32.2. The van der Waals surface area contributed by atoms with Gasteiger partial charge in [-0.2, -0.15) is 0 Å². The predicted octanol–water partition coefficient (Wildman–Crippen LogP) is 1.47. The Bertz CT molecular complexity index is 372. The number of hydrogen-bond acceptors (Lipinski definition) is 3. The summed E-state index contributed by atoms with van der Waals surface area (Å²) < 4.78 is 13.6. The van der Waals surface area contributed by atoms with Crippen molar-refractivity contribution in [2.45, 2.75) is 38.8 Å². The van der Waals surface area contributed by atoms with Crippen LogP contribution in [0.1, 0.15) is 37.9 Å². The highest BCUT2D eigenvalue weighted by Crippen LogP contribution is 2.22. The summed E-state index contributed by atoms with van der Waals surface area (Å²) in [6.07, 6.45) is 7.53. The first-order chi connectivity index (χ1) is 8.31. The molecule has 0 saturated carbocycles. The number of piperidine rings is 1. The molecule has 0 aliphatic carbocycles. The van der Waals surface area contributed by atoms with Crippen LogP contribution in [0.25, 0.3) is 0 Å². The van der Waals surface area contributed by atoms with Gasteiger partial charge in [0.05, 0.1) is 12.0 Å². The van der Waals surface area contributed by atoms with Crippen LogP contribution in [0.4, 0.5) is 0 Å². The molecule has 4 nitrogen and oxygen atoms in total. The van der Waals surface area contributed by atoms with Gasteiger partial charge in [-0.1, -0.05) is 13.3 Å². The monoisotopic (exact) mass is 255 g/mol. The highest BCUT2D eigenvalue weighted by molar-refractivity contribution is 7.84. The largest absolute Gasteiger partial charge is 0.332 e. The van der Waals surface area contributed by atoms with E-state index >= 15 is 0 Å². The van der Waals surface area contributed by atoms with Crippen LogP contribution in [-0.4, -0.2) is 31.8 Å². The van der Waals surface area contributed by atoms with E-state index in [9.17, 15) is 4.21 Å². The molecular weight excluding hydrogens is 234 g/mol. The number of imidazole rings is 1. The molecule has 0 aromatic carbocycles. The summed E-state index contributed by atoms with van der Waals surface area (Å²) in [6.45, 7) is 3.87. The molecule has 1 saturated heterocycles. The molecule has 96 valence electrons. The van der Waals surface area contributed by atoms with Crippen molar-refractivity contribution in [2.24, 2.45) is 0 Å². The molecule has 0 spiro atoms. The van der Waals surface area contributed by atoms with Crippen molar-refractivity contribution in [3.63, 3.8) is 0 Å². The molecule has 1 N–H and O–H groups in total. The van der Waals surface area contributed by atoms with Gasteiger partial charge in [0, 0.05) is 41.1 Å². The highest BCUT2D eigenvalue weighted by Gasteiger charge is 2.18. The van der Waals surface area contributed by atoms with Crippen molar-refractivity contribution in [3.8, 4) is 0 Å². The summed E-state index contributed by atoms with van der Waals surface area (Å²) in [5.41, 5.74) is 1.25. The van der Waals surface area contributed by atoms with Gasteiger partial charge in [0.15, 0.2) is 0 Å². The minimum absolute atomic E-state index is 0.432. The van der Waals surface area contributed by atoms with E-state index in [1.54, 1.807) is 0 Å². The first-order valence-electron chi connectivity index (χ1n) is 6.39. The Balaban J connectivity index is 1.98. The summed E-state index contributed by atoms with van der Waals surface area (Å²) >= 11 is 0. The van der Waals surface area contributed by atoms with Crippen molar-refractivity contribution < 1.29 is 4.21 Å². The normalized spacial score (nSPS) is 22.5. The van der Waals surface area contributed by atoms with Crippen LogP contribution in [0, 0.1) is 0 Å². The maximum Gasteiger partial charge on any atom is 0.0948 e. The number of nitrogens with one attached hydrogen (secondary N) is 1. The van der Waals surface area contributed by atoms with E-state index in [2.05, 4.69) is 14.9 Å². The van der Waals surface area contributed by atoms with Crippen LogP contribution in [0.2, 0.25) is 0 Å². The van der Waals surface area contributed by atoms with Crippen molar-refractivity contribution in [2.75, 3.05) is 18.1 Å².